The van der Waals surface area contributed by atoms with Crippen molar-refractivity contribution in [3.8, 4) is 11.7 Å². The molecule has 3 rings (SSSR count). The van der Waals surface area contributed by atoms with Crippen LogP contribution in [0.25, 0.3) is 0 Å². The standard InChI is InChI=1S/C19H21NO5/c1-13(2)19(18(22)23)10-11-20(12-19)17(21)15-8-9-16(25-15)24-14-6-4-3-5-7-14/h3-9,13H,10-12H2,1-2H3,(H,22,23). The van der Waals surface area contributed by atoms with Crippen LogP contribution in [0.15, 0.2) is 46.9 Å². The van der Waals surface area contributed by atoms with Crippen molar-refractivity contribution in [1.82, 2.24) is 4.90 Å². The monoisotopic (exact) mass is 343 g/mol. The molecule has 1 aliphatic heterocycles. The number of ether oxygens (including phenoxy) is 1. The first-order valence-electron chi connectivity index (χ1n) is 8.28. The number of carboxylic acids is 1. The maximum absolute atomic E-state index is 12.6. The molecule has 2 heterocycles. The van der Waals surface area contributed by atoms with Crippen molar-refractivity contribution in [1.29, 1.82) is 0 Å². The summed E-state index contributed by atoms with van der Waals surface area (Å²) in [4.78, 5) is 25.9. The largest absolute Gasteiger partial charge is 0.481 e. The molecular formula is C19H21NO5. The van der Waals surface area contributed by atoms with Gasteiger partial charge in [-0.1, -0.05) is 32.0 Å². The van der Waals surface area contributed by atoms with Crippen LogP contribution in [0, 0.1) is 11.3 Å². The van der Waals surface area contributed by atoms with Crippen LogP contribution >= 0.6 is 0 Å². The number of benzene rings is 1. The Bertz CT molecular complexity index is 767. The van der Waals surface area contributed by atoms with Gasteiger partial charge in [-0.25, -0.2) is 0 Å². The van der Waals surface area contributed by atoms with Crippen molar-refractivity contribution in [3.05, 3.63) is 48.2 Å². The molecule has 0 aliphatic carbocycles. The molecule has 132 valence electrons. The second-order valence-electron chi connectivity index (χ2n) is 6.63. The molecule has 0 spiro atoms. The lowest BCUT2D eigenvalue weighted by molar-refractivity contribution is -0.150. The fourth-order valence-corrected chi connectivity index (χ4v) is 3.15. The summed E-state index contributed by atoms with van der Waals surface area (Å²) in [6.07, 6.45) is 0.444. The van der Waals surface area contributed by atoms with Gasteiger partial charge in [-0.05, 0) is 30.5 Å². The Labute approximate surface area is 146 Å². The van der Waals surface area contributed by atoms with E-state index in [1.54, 1.807) is 29.2 Å². The van der Waals surface area contributed by atoms with E-state index in [1.165, 1.54) is 0 Å². The molecule has 6 nitrogen and oxygen atoms in total. The highest BCUT2D eigenvalue weighted by molar-refractivity contribution is 5.92. The predicted octanol–water partition coefficient (Wildman–Crippen LogP) is 3.64. The van der Waals surface area contributed by atoms with Crippen molar-refractivity contribution in [2.24, 2.45) is 11.3 Å². The Kier molecular flexibility index (Phi) is 4.53. The number of hydrogen-bond acceptors (Lipinski definition) is 4. The normalized spacial score (nSPS) is 20.0. The van der Waals surface area contributed by atoms with Crippen molar-refractivity contribution >= 4 is 11.9 Å². The fraction of sp³-hybridized carbons (Fsp3) is 0.368. The van der Waals surface area contributed by atoms with Crippen molar-refractivity contribution in [2.45, 2.75) is 20.3 Å². The second-order valence-corrected chi connectivity index (χ2v) is 6.63. The molecule has 1 amide bonds. The molecule has 1 N–H and O–H groups in total. The molecule has 6 heteroatoms. The topological polar surface area (TPSA) is 80.0 Å². The molecule has 1 fully saturated rings. The van der Waals surface area contributed by atoms with Gasteiger partial charge >= 0.3 is 5.97 Å². The van der Waals surface area contributed by atoms with Gasteiger partial charge in [-0.3, -0.25) is 9.59 Å². The van der Waals surface area contributed by atoms with Crippen molar-refractivity contribution in [3.63, 3.8) is 0 Å². The lowest BCUT2D eigenvalue weighted by Crippen LogP contribution is -2.40. The number of furan rings is 1. The minimum Gasteiger partial charge on any atom is -0.481 e. The molecular weight excluding hydrogens is 322 g/mol. The zero-order chi connectivity index (χ0) is 18.0. The van der Waals surface area contributed by atoms with E-state index in [2.05, 4.69) is 0 Å². The lowest BCUT2D eigenvalue weighted by Gasteiger charge is -2.28. The summed E-state index contributed by atoms with van der Waals surface area (Å²) in [7, 11) is 0. The SMILES string of the molecule is CC(C)C1(C(=O)O)CCN(C(=O)c2ccc(Oc3ccccc3)o2)C1. The van der Waals surface area contributed by atoms with E-state index in [0.717, 1.165) is 0 Å². The minimum absolute atomic E-state index is 0.0589. The van der Waals surface area contributed by atoms with Gasteiger partial charge in [0.1, 0.15) is 5.75 Å². The number of para-hydroxylation sites is 1. The maximum atomic E-state index is 12.6. The quantitative estimate of drug-likeness (QED) is 0.896. The molecule has 0 radical (unpaired) electrons. The van der Waals surface area contributed by atoms with Gasteiger partial charge < -0.3 is 19.2 Å². The number of likely N-dealkylation sites (tertiary alicyclic amines) is 1. The van der Waals surface area contributed by atoms with E-state index in [1.807, 2.05) is 32.0 Å². The molecule has 2 aromatic rings. The number of carbonyl (C=O) groups excluding carboxylic acids is 1. The van der Waals surface area contributed by atoms with Gasteiger partial charge in [0.25, 0.3) is 11.9 Å². The number of carboxylic acid groups (broad SMARTS) is 1. The Morgan fingerprint density at radius 3 is 2.52 bits per heavy atom. The third kappa shape index (κ3) is 3.24. The number of carbonyl (C=O) groups is 2. The van der Waals surface area contributed by atoms with Gasteiger partial charge in [-0.2, -0.15) is 0 Å². The van der Waals surface area contributed by atoms with E-state index in [4.69, 9.17) is 9.15 Å². The van der Waals surface area contributed by atoms with Gasteiger partial charge in [0.05, 0.1) is 5.41 Å². The highest BCUT2D eigenvalue weighted by atomic mass is 16.6. The molecule has 25 heavy (non-hydrogen) atoms. The molecule has 0 saturated carbocycles. The van der Waals surface area contributed by atoms with Gasteiger partial charge in [0.15, 0.2) is 5.76 Å². The molecule has 1 aliphatic rings. The maximum Gasteiger partial charge on any atom is 0.311 e. The van der Waals surface area contributed by atoms with E-state index >= 15 is 0 Å². The minimum atomic E-state index is -0.897. The Morgan fingerprint density at radius 2 is 1.92 bits per heavy atom. The molecule has 1 aromatic heterocycles. The number of nitrogens with zero attached hydrogens (tertiary/aromatic N) is 1. The smallest absolute Gasteiger partial charge is 0.311 e. The first-order chi connectivity index (χ1) is 11.9. The summed E-state index contributed by atoms with van der Waals surface area (Å²) in [5.41, 5.74) is -0.897. The van der Waals surface area contributed by atoms with Crippen LogP contribution in [-0.4, -0.2) is 35.0 Å². The van der Waals surface area contributed by atoms with Gasteiger partial charge in [-0.15, -0.1) is 0 Å². The fourth-order valence-electron chi connectivity index (χ4n) is 3.15. The van der Waals surface area contributed by atoms with Crippen LogP contribution in [0.2, 0.25) is 0 Å². The van der Waals surface area contributed by atoms with Crippen LogP contribution in [0.3, 0.4) is 0 Å². The number of amides is 1. The summed E-state index contributed by atoms with van der Waals surface area (Å²) < 4.78 is 11.0. The summed E-state index contributed by atoms with van der Waals surface area (Å²) >= 11 is 0. The highest BCUT2D eigenvalue weighted by Gasteiger charge is 2.48. The first-order valence-corrected chi connectivity index (χ1v) is 8.28. The van der Waals surface area contributed by atoms with Gasteiger partial charge in [0, 0.05) is 19.2 Å². The Balaban J connectivity index is 1.71. The molecule has 0 bridgehead atoms. The van der Waals surface area contributed by atoms with E-state index < -0.39 is 11.4 Å². The first kappa shape index (κ1) is 17.1. The summed E-state index contributed by atoms with van der Waals surface area (Å²) in [6.45, 7) is 4.34. The Morgan fingerprint density at radius 1 is 1.20 bits per heavy atom. The van der Waals surface area contributed by atoms with E-state index in [-0.39, 0.29) is 30.1 Å². The molecule has 1 atom stereocenters. The van der Waals surface area contributed by atoms with Crippen LogP contribution in [-0.2, 0) is 4.79 Å². The summed E-state index contributed by atoms with van der Waals surface area (Å²) in [5.74, 6) is -0.242. The van der Waals surface area contributed by atoms with Gasteiger partial charge in [0.2, 0.25) is 0 Å². The van der Waals surface area contributed by atoms with Crippen molar-refractivity contribution in [2.75, 3.05) is 13.1 Å². The van der Waals surface area contributed by atoms with E-state index in [9.17, 15) is 14.7 Å². The third-order valence-electron chi connectivity index (χ3n) is 4.87. The Hall–Kier alpha value is -2.76. The number of hydrogen-bond donors (Lipinski definition) is 1. The summed E-state index contributed by atoms with van der Waals surface area (Å²) in [6, 6.07) is 12.3. The molecule has 1 saturated heterocycles. The zero-order valence-corrected chi connectivity index (χ0v) is 14.3. The average molecular weight is 343 g/mol. The molecule has 1 unspecified atom stereocenters. The average Bonchev–Trinajstić information content (AvgIpc) is 3.23. The van der Waals surface area contributed by atoms with Crippen LogP contribution in [0.4, 0.5) is 0 Å². The number of rotatable bonds is 5. The van der Waals surface area contributed by atoms with Crippen LogP contribution in [0.5, 0.6) is 11.7 Å². The highest BCUT2D eigenvalue weighted by Crippen LogP contribution is 2.39. The predicted molar refractivity (Wildman–Crippen MR) is 90.7 cm³/mol. The second kappa shape index (κ2) is 6.63. The van der Waals surface area contributed by atoms with Crippen LogP contribution in [0.1, 0.15) is 30.8 Å². The zero-order valence-electron chi connectivity index (χ0n) is 14.3. The molecule has 1 aromatic carbocycles. The van der Waals surface area contributed by atoms with E-state index in [0.29, 0.717) is 18.7 Å². The van der Waals surface area contributed by atoms with Crippen molar-refractivity contribution < 1.29 is 23.8 Å². The summed E-state index contributed by atoms with van der Waals surface area (Å²) in [5, 5.41) is 9.59. The van der Waals surface area contributed by atoms with Crippen LogP contribution < -0.4 is 4.74 Å². The number of aliphatic carboxylic acids is 1. The third-order valence-corrected chi connectivity index (χ3v) is 4.87. The lowest BCUT2D eigenvalue weighted by atomic mass is 9.76.